The van der Waals surface area contributed by atoms with Crippen LogP contribution in [0.25, 0.3) is 0 Å². The molecule has 1 aromatic rings. The summed E-state index contributed by atoms with van der Waals surface area (Å²) >= 11 is 6.77. The van der Waals surface area contributed by atoms with Gasteiger partial charge in [-0.25, -0.2) is 0 Å². The summed E-state index contributed by atoms with van der Waals surface area (Å²) < 4.78 is 3.86. The Morgan fingerprint density at radius 1 is 1.46 bits per heavy atom. The van der Waals surface area contributed by atoms with Crippen molar-refractivity contribution in [2.24, 2.45) is 0 Å². The van der Waals surface area contributed by atoms with Gasteiger partial charge in [-0.1, -0.05) is 0 Å². The predicted octanol–water partition coefficient (Wildman–Crippen LogP) is 2.36. The van der Waals surface area contributed by atoms with Gasteiger partial charge in [0.1, 0.15) is 9.21 Å². The molecule has 0 saturated carbocycles. The number of aromatic nitrogens is 2. The first-order valence-electron chi connectivity index (χ1n) is 4.13. The summed E-state index contributed by atoms with van der Waals surface area (Å²) in [4.78, 5) is 2.17. The lowest BCUT2D eigenvalue weighted by molar-refractivity contribution is 0.379. The summed E-state index contributed by atoms with van der Waals surface area (Å²) in [5.74, 6) is 0. The maximum Gasteiger partial charge on any atom is 0.129 e. The second-order valence-corrected chi connectivity index (χ2v) is 4.79. The molecule has 1 heterocycles. The molecule has 0 fully saturated rings. The third-order valence-electron chi connectivity index (χ3n) is 1.68. The van der Waals surface area contributed by atoms with E-state index < -0.39 is 0 Å². The third kappa shape index (κ3) is 3.79. The van der Waals surface area contributed by atoms with Gasteiger partial charge < -0.3 is 4.90 Å². The van der Waals surface area contributed by atoms with Crippen molar-refractivity contribution in [2.45, 2.75) is 13.0 Å². The molecule has 5 heteroatoms. The highest BCUT2D eigenvalue weighted by molar-refractivity contribution is 9.11. The van der Waals surface area contributed by atoms with Crippen LogP contribution in [0.5, 0.6) is 0 Å². The molecule has 3 nitrogen and oxygen atoms in total. The van der Waals surface area contributed by atoms with Gasteiger partial charge in [0.15, 0.2) is 0 Å². The number of nitrogens with zero attached hydrogens (tertiary/aromatic N) is 3. The fourth-order valence-corrected chi connectivity index (χ4v) is 2.25. The lowest BCUT2D eigenvalue weighted by atomic mass is 10.4. The van der Waals surface area contributed by atoms with Crippen LogP contribution in [0.2, 0.25) is 0 Å². The van der Waals surface area contributed by atoms with Crippen molar-refractivity contribution >= 4 is 31.9 Å². The Bertz CT molecular complexity index is 270. The minimum atomic E-state index is 0.879. The summed E-state index contributed by atoms with van der Waals surface area (Å²) in [6, 6.07) is 1.95. The molecule has 0 radical (unpaired) electrons. The van der Waals surface area contributed by atoms with E-state index in [4.69, 9.17) is 0 Å². The second-order valence-electron chi connectivity index (χ2n) is 3.17. The molecule has 0 bridgehead atoms. The van der Waals surface area contributed by atoms with E-state index in [-0.39, 0.29) is 0 Å². The Kier molecular flexibility index (Phi) is 4.41. The highest BCUT2D eigenvalue weighted by Crippen LogP contribution is 2.16. The molecule has 0 spiro atoms. The Morgan fingerprint density at radius 2 is 2.15 bits per heavy atom. The van der Waals surface area contributed by atoms with E-state index in [0.717, 1.165) is 28.7 Å². The zero-order chi connectivity index (χ0) is 9.84. The molecule has 0 aromatic carbocycles. The maximum absolute atomic E-state index is 4.28. The Balaban J connectivity index is 2.40. The molecule has 1 aromatic heterocycles. The van der Waals surface area contributed by atoms with Crippen LogP contribution < -0.4 is 0 Å². The van der Waals surface area contributed by atoms with Gasteiger partial charge in [-0.3, -0.25) is 4.68 Å². The zero-order valence-corrected chi connectivity index (χ0v) is 11.0. The Labute approximate surface area is 95.4 Å². The molecular formula is C8H13Br2N3. The SMILES string of the molecule is CN(C)CCCn1nc(Br)cc1Br. The van der Waals surface area contributed by atoms with Crippen LogP contribution in [-0.4, -0.2) is 35.3 Å². The summed E-state index contributed by atoms with van der Waals surface area (Å²) in [6.45, 7) is 2.04. The minimum absolute atomic E-state index is 0.879. The van der Waals surface area contributed by atoms with Crippen molar-refractivity contribution in [1.29, 1.82) is 0 Å². The van der Waals surface area contributed by atoms with Gasteiger partial charge in [0.2, 0.25) is 0 Å². The van der Waals surface area contributed by atoms with Crippen LogP contribution in [0.1, 0.15) is 6.42 Å². The van der Waals surface area contributed by atoms with Gasteiger partial charge in [-0.05, 0) is 58.9 Å². The number of halogens is 2. The van der Waals surface area contributed by atoms with E-state index in [1.807, 2.05) is 10.7 Å². The maximum atomic E-state index is 4.28. The van der Waals surface area contributed by atoms with Crippen LogP contribution in [0, 0.1) is 0 Å². The number of rotatable bonds is 4. The van der Waals surface area contributed by atoms with Crippen LogP contribution in [0.4, 0.5) is 0 Å². The molecule has 0 unspecified atom stereocenters. The average Bonchev–Trinajstić information content (AvgIpc) is 2.29. The number of hydrogen-bond donors (Lipinski definition) is 0. The summed E-state index contributed by atoms with van der Waals surface area (Å²) in [6.07, 6.45) is 1.11. The molecule has 0 amide bonds. The van der Waals surface area contributed by atoms with E-state index in [9.17, 15) is 0 Å². The van der Waals surface area contributed by atoms with Crippen molar-refractivity contribution in [3.05, 3.63) is 15.3 Å². The Morgan fingerprint density at radius 3 is 2.62 bits per heavy atom. The summed E-state index contributed by atoms with van der Waals surface area (Å²) in [5.41, 5.74) is 0. The van der Waals surface area contributed by atoms with Gasteiger partial charge in [0, 0.05) is 12.6 Å². The van der Waals surface area contributed by atoms with Crippen LogP contribution in [-0.2, 0) is 6.54 Å². The smallest absolute Gasteiger partial charge is 0.129 e. The van der Waals surface area contributed by atoms with Crippen LogP contribution in [0.3, 0.4) is 0 Å². The van der Waals surface area contributed by atoms with Crippen molar-refractivity contribution in [3.8, 4) is 0 Å². The lowest BCUT2D eigenvalue weighted by Crippen LogP contribution is -2.15. The average molecular weight is 311 g/mol. The number of hydrogen-bond acceptors (Lipinski definition) is 2. The molecule has 0 aliphatic rings. The first-order valence-corrected chi connectivity index (χ1v) is 5.72. The summed E-state index contributed by atoms with van der Waals surface area (Å²) in [7, 11) is 4.15. The van der Waals surface area contributed by atoms with Gasteiger partial charge in [0.25, 0.3) is 0 Å². The second kappa shape index (κ2) is 5.12. The fourth-order valence-electron chi connectivity index (χ4n) is 1.06. The lowest BCUT2D eigenvalue weighted by Gasteiger charge is -2.09. The molecule has 1 rings (SSSR count). The predicted molar refractivity (Wildman–Crippen MR) is 60.8 cm³/mol. The molecule has 0 N–H and O–H groups in total. The van der Waals surface area contributed by atoms with E-state index in [2.05, 4.69) is 56.0 Å². The quantitative estimate of drug-likeness (QED) is 0.851. The molecule has 0 atom stereocenters. The minimum Gasteiger partial charge on any atom is -0.309 e. The number of aryl methyl sites for hydroxylation is 1. The molecule has 0 aliphatic heterocycles. The Hall–Kier alpha value is 0.130. The first-order chi connectivity index (χ1) is 6.09. The van der Waals surface area contributed by atoms with Crippen LogP contribution in [0.15, 0.2) is 15.3 Å². The van der Waals surface area contributed by atoms with E-state index >= 15 is 0 Å². The van der Waals surface area contributed by atoms with Crippen molar-refractivity contribution in [2.75, 3.05) is 20.6 Å². The highest BCUT2D eigenvalue weighted by atomic mass is 79.9. The molecule has 13 heavy (non-hydrogen) atoms. The largest absolute Gasteiger partial charge is 0.309 e. The van der Waals surface area contributed by atoms with E-state index in [1.165, 1.54) is 0 Å². The monoisotopic (exact) mass is 309 g/mol. The van der Waals surface area contributed by atoms with Gasteiger partial charge in [-0.2, -0.15) is 5.10 Å². The first kappa shape index (κ1) is 11.2. The van der Waals surface area contributed by atoms with Crippen LogP contribution >= 0.6 is 31.9 Å². The standard InChI is InChI=1S/C8H13Br2N3/c1-12(2)4-3-5-13-8(10)6-7(9)11-13/h6H,3-5H2,1-2H3. The van der Waals surface area contributed by atoms with Crippen molar-refractivity contribution in [1.82, 2.24) is 14.7 Å². The molecule has 0 aliphatic carbocycles. The highest BCUT2D eigenvalue weighted by Gasteiger charge is 2.02. The van der Waals surface area contributed by atoms with Crippen molar-refractivity contribution in [3.63, 3.8) is 0 Å². The molecular weight excluding hydrogens is 298 g/mol. The van der Waals surface area contributed by atoms with Gasteiger partial charge in [0.05, 0.1) is 0 Å². The van der Waals surface area contributed by atoms with Gasteiger partial charge in [-0.15, -0.1) is 0 Å². The van der Waals surface area contributed by atoms with E-state index in [1.54, 1.807) is 0 Å². The molecule has 74 valence electrons. The fraction of sp³-hybridized carbons (Fsp3) is 0.625. The molecule has 0 saturated heterocycles. The summed E-state index contributed by atoms with van der Waals surface area (Å²) in [5, 5.41) is 4.28. The normalized spacial score (nSPS) is 11.2. The van der Waals surface area contributed by atoms with E-state index in [0.29, 0.717) is 0 Å². The topological polar surface area (TPSA) is 21.1 Å². The van der Waals surface area contributed by atoms with Crippen molar-refractivity contribution < 1.29 is 0 Å². The van der Waals surface area contributed by atoms with Gasteiger partial charge >= 0.3 is 0 Å². The third-order valence-corrected chi connectivity index (χ3v) is 2.70. The zero-order valence-electron chi connectivity index (χ0n) is 7.80.